The number of benzene rings is 1. The molecule has 0 aromatic heterocycles. The number of hydrogen-bond acceptors (Lipinski definition) is 4. The number of nitrogens with two attached hydrogens (primary N) is 1. The van der Waals surface area contributed by atoms with Crippen molar-refractivity contribution in [3.8, 4) is 0 Å². The minimum absolute atomic E-state index is 0.347. The van der Waals surface area contributed by atoms with Gasteiger partial charge >= 0.3 is 12.3 Å². The lowest BCUT2D eigenvalue weighted by molar-refractivity contribution is -0.160. The summed E-state index contributed by atoms with van der Waals surface area (Å²) in [5.74, 6) is -1.10. The maximum atomic E-state index is 13.6. The van der Waals surface area contributed by atoms with Crippen molar-refractivity contribution in [2.24, 2.45) is 5.73 Å². The molecule has 4 N–H and O–H groups in total. The first-order valence-electron chi connectivity index (χ1n) is 6.76. The van der Waals surface area contributed by atoms with Crippen LogP contribution in [0.2, 0.25) is 0 Å². The van der Waals surface area contributed by atoms with E-state index in [0.717, 1.165) is 0 Å². The highest BCUT2D eigenvalue weighted by atomic mass is 127. The summed E-state index contributed by atoms with van der Waals surface area (Å²) in [5, 5.41) is 4.44. The second-order valence-electron chi connectivity index (χ2n) is 4.88. The molecule has 25 heavy (non-hydrogen) atoms. The van der Waals surface area contributed by atoms with Gasteiger partial charge in [-0.2, -0.15) is 13.2 Å². The van der Waals surface area contributed by atoms with Crippen molar-refractivity contribution in [2.75, 3.05) is 18.5 Å². The molecule has 0 unspecified atom stereocenters. The molecule has 140 valence electrons. The predicted molar refractivity (Wildman–Crippen MR) is 93.0 cm³/mol. The summed E-state index contributed by atoms with van der Waals surface area (Å²) in [4.78, 5) is 23.1. The quantitative estimate of drug-likeness (QED) is 0.433. The van der Waals surface area contributed by atoms with Crippen LogP contribution in [0.1, 0.15) is 5.56 Å². The Morgan fingerprint density at radius 2 is 2.04 bits per heavy atom. The van der Waals surface area contributed by atoms with Gasteiger partial charge in [-0.25, -0.2) is 9.18 Å². The minimum atomic E-state index is -4.65. The van der Waals surface area contributed by atoms with E-state index in [4.69, 9.17) is 5.73 Å². The molecule has 0 radical (unpaired) electrons. The first-order valence-corrected chi connectivity index (χ1v) is 9.36. The summed E-state index contributed by atoms with van der Waals surface area (Å²) in [6.07, 6.45) is -5.99. The fourth-order valence-corrected chi connectivity index (χ4v) is 2.64. The van der Waals surface area contributed by atoms with Gasteiger partial charge in [-0.15, -0.1) is 0 Å². The Morgan fingerprint density at radius 1 is 1.40 bits per heavy atom. The average Bonchev–Trinajstić information content (AvgIpc) is 2.52. The van der Waals surface area contributed by atoms with Gasteiger partial charge in [-0.3, -0.25) is 4.79 Å². The Kier molecular flexibility index (Phi) is 7.73. The third-order valence-electron chi connectivity index (χ3n) is 2.84. The molecule has 0 saturated heterocycles. The molecule has 2 amide bonds. The van der Waals surface area contributed by atoms with Crippen LogP contribution in [0.5, 0.6) is 0 Å². The SMILES string of the molecule is C=Ic1cc(NC(=O)[C@@H](N)CNC(=O)OCC(F)(F)F)c(C)cc1F. The smallest absolute Gasteiger partial charge is 0.422 e. The molecule has 0 heterocycles. The van der Waals surface area contributed by atoms with Gasteiger partial charge in [0.2, 0.25) is 5.91 Å². The number of amides is 2. The number of anilines is 1. The largest absolute Gasteiger partial charge is 0.440 e. The lowest BCUT2D eigenvalue weighted by atomic mass is 10.2. The van der Waals surface area contributed by atoms with Gasteiger partial charge < -0.3 is 21.1 Å². The normalized spacial score (nSPS) is 12.4. The molecule has 11 heteroatoms. The Balaban J connectivity index is 2.57. The number of ether oxygens (including phenoxy) is 1. The number of halogens is 5. The van der Waals surface area contributed by atoms with E-state index in [9.17, 15) is 27.2 Å². The molecular weight excluding hydrogens is 461 g/mol. The van der Waals surface area contributed by atoms with Crippen LogP contribution in [-0.2, 0) is 9.53 Å². The molecule has 6 nitrogen and oxygen atoms in total. The molecule has 0 aliphatic carbocycles. The molecule has 1 rings (SSSR count). The number of nitrogens with one attached hydrogen (secondary N) is 2. The highest BCUT2D eigenvalue weighted by molar-refractivity contribution is 14.2. The number of alkyl halides is 3. The summed E-state index contributed by atoms with van der Waals surface area (Å²) in [7, 11) is 0. The second kappa shape index (κ2) is 9.08. The molecular formula is C14H16F4IN3O3. The number of alkyl carbamates (subject to hydrolysis) is 1. The molecule has 1 aromatic rings. The van der Waals surface area contributed by atoms with Crippen LogP contribution in [0.3, 0.4) is 0 Å². The first-order chi connectivity index (χ1) is 11.5. The number of carbonyl (C=O) groups is 2. The fraction of sp³-hybridized carbons (Fsp3) is 0.357. The van der Waals surface area contributed by atoms with Crippen molar-refractivity contribution in [3.63, 3.8) is 0 Å². The van der Waals surface area contributed by atoms with Crippen molar-refractivity contribution in [3.05, 3.63) is 27.1 Å². The van der Waals surface area contributed by atoms with Crippen LogP contribution < -0.4 is 16.4 Å². The highest BCUT2D eigenvalue weighted by Crippen LogP contribution is 2.23. The third kappa shape index (κ3) is 7.34. The fourth-order valence-electron chi connectivity index (χ4n) is 1.59. The molecule has 1 atom stereocenters. The van der Waals surface area contributed by atoms with E-state index in [2.05, 4.69) is 14.6 Å². The summed E-state index contributed by atoms with van der Waals surface area (Å²) in [5.41, 5.74) is 6.38. The maximum Gasteiger partial charge on any atom is 0.422 e. The first kappa shape index (κ1) is 21.3. The summed E-state index contributed by atoms with van der Waals surface area (Å²) < 4.78 is 57.3. The van der Waals surface area contributed by atoms with E-state index in [1.807, 2.05) is 5.32 Å². The highest BCUT2D eigenvalue weighted by Gasteiger charge is 2.29. The van der Waals surface area contributed by atoms with Crippen LogP contribution in [-0.4, -0.2) is 41.9 Å². The van der Waals surface area contributed by atoms with Crippen LogP contribution in [0.25, 0.3) is 0 Å². The van der Waals surface area contributed by atoms with E-state index in [0.29, 0.717) is 14.8 Å². The van der Waals surface area contributed by atoms with Gasteiger partial charge in [0.1, 0.15) is 11.9 Å². The van der Waals surface area contributed by atoms with Gasteiger partial charge in [0.05, 0.1) is 0 Å². The third-order valence-corrected chi connectivity index (χ3v) is 4.49. The average molecular weight is 477 g/mol. The van der Waals surface area contributed by atoms with Gasteiger partial charge in [0.25, 0.3) is 0 Å². The molecule has 0 bridgehead atoms. The number of hydrogen-bond donors (Lipinski definition) is 3. The second-order valence-corrected chi connectivity index (χ2v) is 6.81. The minimum Gasteiger partial charge on any atom is -0.440 e. The lowest BCUT2D eigenvalue weighted by Crippen LogP contribution is -2.45. The molecule has 0 fully saturated rings. The zero-order chi connectivity index (χ0) is 19.2. The molecule has 1 aromatic carbocycles. The molecule has 0 aliphatic heterocycles. The van der Waals surface area contributed by atoms with Crippen LogP contribution in [0.15, 0.2) is 12.1 Å². The van der Waals surface area contributed by atoms with E-state index < -0.39 is 63.9 Å². The maximum absolute atomic E-state index is 13.6. The van der Waals surface area contributed by atoms with E-state index in [1.54, 1.807) is 6.92 Å². The molecule has 0 aliphatic rings. The van der Waals surface area contributed by atoms with Crippen molar-refractivity contribution < 1.29 is 31.9 Å². The predicted octanol–water partition coefficient (Wildman–Crippen LogP) is 2.26. The van der Waals surface area contributed by atoms with Crippen molar-refractivity contribution in [2.45, 2.75) is 19.1 Å². The summed E-state index contributed by atoms with van der Waals surface area (Å²) in [6.45, 7) is -0.591. The van der Waals surface area contributed by atoms with Crippen LogP contribution in [0.4, 0.5) is 28.0 Å². The van der Waals surface area contributed by atoms with Crippen molar-refractivity contribution >= 4 is 42.9 Å². The Hall–Kier alpha value is -1.76. The zero-order valence-corrected chi connectivity index (χ0v) is 15.2. The molecule has 0 saturated carbocycles. The monoisotopic (exact) mass is 477 g/mol. The van der Waals surface area contributed by atoms with Crippen molar-refractivity contribution in [1.82, 2.24) is 5.32 Å². The van der Waals surface area contributed by atoms with E-state index >= 15 is 0 Å². The van der Waals surface area contributed by atoms with Gasteiger partial charge in [0.15, 0.2) is 6.61 Å². The number of carbonyl (C=O) groups excluding carboxylic acids is 2. The Morgan fingerprint density at radius 3 is 2.60 bits per heavy atom. The lowest BCUT2D eigenvalue weighted by Gasteiger charge is -2.15. The summed E-state index contributed by atoms with van der Waals surface area (Å²) >= 11 is -0.787. The van der Waals surface area contributed by atoms with Gasteiger partial charge in [-0.1, -0.05) is 25.2 Å². The summed E-state index contributed by atoms with van der Waals surface area (Å²) in [6, 6.07) is 1.48. The number of rotatable bonds is 6. The van der Waals surface area contributed by atoms with Gasteiger partial charge in [0, 0.05) is 15.8 Å². The Labute approximate surface area is 150 Å². The Bertz CT molecular complexity index is 667. The topological polar surface area (TPSA) is 93.5 Å². The van der Waals surface area contributed by atoms with E-state index in [-0.39, 0.29) is 0 Å². The standard InChI is InChI=1S/C14H16F4IN3O3/c1-7-3-8(15)9(19-2)4-11(7)22-12(23)10(20)5-21-13(24)25-6-14(16,17)18/h3-4,10H,2,5-6,20H2,1H3,(H,21,24)(H,22,23)/t10-/m0/s1. The van der Waals surface area contributed by atoms with Crippen LogP contribution >= 0.6 is 20.7 Å². The zero-order valence-electron chi connectivity index (χ0n) is 13.0. The van der Waals surface area contributed by atoms with Crippen LogP contribution in [0, 0.1) is 16.3 Å². The van der Waals surface area contributed by atoms with E-state index in [1.165, 1.54) is 12.1 Å². The van der Waals surface area contributed by atoms with Gasteiger partial charge in [-0.05, 0) is 24.6 Å². The molecule has 0 spiro atoms. The van der Waals surface area contributed by atoms with Crippen molar-refractivity contribution in [1.29, 1.82) is 0 Å². The number of aryl methyl sites for hydroxylation is 1.